The summed E-state index contributed by atoms with van der Waals surface area (Å²) in [6, 6.07) is 0.762. The number of piperazine rings is 1. The molecule has 1 saturated carbocycles. The van der Waals surface area contributed by atoms with Gasteiger partial charge in [-0.15, -0.1) is 0 Å². The summed E-state index contributed by atoms with van der Waals surface area (Å²) in [6.07, 6.45) is 8.11. The number of nitrogens with one attached hydrogen (secondary N) is 1. The lowest BCUT2D eigenvalue weighted by molar-refractivity contribution is -0.139. The highest BCUT2D eigenvalue weighted by atomic mass is 16.2. The number of likely N-dealkylation sites (tertiary alicyclic amines) is 1. The van der Waals surface area contributed by atoms with Gasteiger partial charge < -0.3 is 10.2 Å². The number of carbonyl (C=O) groups excluding carboxylic acids is 1. The highest BCUT2D eigenvalue weighted by Crippen LogP contribution is 2.36. The van der Waals surface area contributed by atoms with Crippen molar-refractivity contribution in [1.82, 2.24) is 15.1 Å². The average Bonchev–Trinajstić information content (AvgIpc) is 2.54. The SMILES string of the molecule is CC(C(=O)N1CCNCC1)N1CCC[C@H]2CCCC[C@H]21. The Labute approximate surface area is 122 Å². The van der Waals surface area contributed by atoms with Crippen molar-refractivity contribution in [2.75, 3.05) is 32.7 Å². The number of piperidine rings is 1. The van der Waals surface area contributed by atoms with Crippen LogP contribution in [0.15, 0.2) is 0 Å². The van der Waals surface area contributed by atoms with E-state index in [9.17, 15) is 4.79 Å². The van der Waals surface area contributed by atoms with Gasteiger partial charge in [0.15, 0.2) is 0 Å². The number of rotatable bonds is 2. The minimum atomic E-state index is 0.0824. The van der Waals surface area contributed by atoms with Gasteiger partial charge >= 0.3 is 0 Å². The average molecular weight is 279 g/mol. The Bertz CT molecular complexity index is 339. The number of fused-ring (bicyclic) bond motifs is 1. The molecule has 3 atom stereocenters. The van der Waals surface area contributed by atoms with Crippen LogP contribution in [0.1, 0.15) is 45.4 Å². The fraction of sp³-hybridized carbons (Fsp3) is 0.938. The quantitative estimate of drug-likeness (QED) is 0.831. The van der Waals surface area contributed by atoms with Crippen LogP contribution in [0.25, 0.3) is 0 Å². The van der Waals surface area contributed by atoms with Gasteiger partial charge in [-0.2, -0.15) is 0 Å². The normalized spacial score (nSPS) is 33.5. The second kappa shape index (κ2) is 6.44. The van der Waals surface area contributed by atoms with Crippen molar-refractivity contribution >= 4 is 5.91 Å². The van der Waals surface area contributed by atoms with Crippen LogP contribution in [0.3, 0.4) is 0 Å². The minimum Gasteiger partial charge on any atom is -0.339 e. The number of amides is 1. The topological polar surface area (TPSA) is 35.6 Å². The maximum absolute atomic E-state index is 12.7. The summed E-state index contributed by atoms with van der Waals surface area (Å²) in [5.74, 6) is 1.22. The van der Waals surface area contributed by atoms with E-state index in [0.29, 0.717) is 11.9 Å². The molecule has 3 aliphatic rings. The Balaban J connectivity index is 1.65. The Hall–Kier alpha value is -0.610. The van der Waals surface area contributed by atoms with E-state index in [1.807, 2.05) is 0 Å². The number of nitrogens with zero attached hydrogens (tertiary/aromatic N) is 2. The Morgan fingerprint density at radius 3 is 2.55 bits per heavy atom. The van der Waals surface area contributed by atoms with E-state index in [2.05, 4.69) is 22.0 Å². The molecule has 1 amide bonds. The zero-order valence-electron chi connectivity index (χ0n) is 12.8. The number of hydrogen-bond donors (Lipinski definition) is 1. The highest BCUT2D eigenvalue weighted by molar-refractivity contribution is 5.81. The van der Waals surface area contributed by atoms with Crippen LogP contribution in [0.5, 0.6) is 0 Å². The van der Waals surface area contributed by atoms with Crippen LogP contribution in [0.4, 0.5) is 0 Å². The van der Waals surface area contributed by atoms with Crippen molar-refractivity contribution in [3.63, 3.8) is 0 Å². The first-order valence-electron chi connectivity index (χ1n) is 8.52. The first-order chi connectivity index (χ1) is 9.77. The third-order valence-electron chi connectivity index (χ3n) is 5.57. The van der Waals surface area contributed by atoms with Crippen molar-refractivity contribution in [3.8, 4) is 0 Å². The van der Waals surface area contributed by atoms with E-state index < -0.39 is 0 Å². The second-order valence-electron chi connectivity index (χ2n) is 6.74. The van der Waals surface area contributed by atoms with Gasteiger partial charge in [0.1, 0.15) is 0 Å². The van der Waals surface area contributed by atoms with Crippen molar-refractivity contribution in [1.29, 1.82) is 0 Å². The van der Waals surface area contributed by atoms with Crippen molar-refractivity contribution in [3.05, 3.63) is 0 Å². The van der Waals surface area contributed by atoms with Gasteiger partial charge in [0.05, 0.1) is 6.04 Å². The third kappa shape index (κ3) is 2.86. The number of carbonyl (C=O) groups is 1. The Morgan fingerprint density at radius 2 is 1.75 bits per heavy atom. The molecule has 0 bridgehead atoms. The summed E-state index contributed by atoms with van der Waals surface area (Å²) in [4.78, 5) is 17.3. The van der Waals surface area contributed by atoms with Crippen LogP contribution in [-0.2, 0) is 4.79 Å². The maximum Gasteiger partial charge on any atom is 0.239 e. The lowest BCUT2D eigenvalue weighted by atomic mass is 9.78. The Morgan fingerprint density at radius 1 is 1.05 bits per heavy atom. The molecule has 2 saturated heterocycles. The highest BCUT2D eigenvalue weighted by Gasteiger charge is 2.38. The number of hydrogen-bond acceptors (Lipinski definition) is 3. The van der Waals surface area contributed by atoms with Gasteiger partial charge in [-0.3, -0.25) is 9.69 Å². The summed E-state index contributed by atoms with van der Waals surface area (Å²) in [5, 5.41) is 3.33. The molecule has 0 aromatic rings. The van der Waals surface area contributed by atoms with Crippen molar-refractivity contribution < 1.29 is 4.79 Å². The molecular formula is C16H29N3O. The summed E-state index contributed by atoms with van der Waals surface area (Å²) in [7, 11) is 0. The van der Waals surface area contributed by atoms with E-state index >= 15 is 0 Å². The van der Waals surface area contributed by atoms with E-state index in [4.69, 9.17) is 0 Å². The van der Waals surface area contributed by atoms with E-state index in [0.717, 1.165) is 38.6 Å². The zero-order chi connectivity index (χ0) is 13.9. The molecule has 114 valence electrons. The summed E-state index contributed by atoms with van der Waals surface area (Å²) in [6.45, 7) is 6.92. The fourth-order valence-electron chi connectivity index (χ4n) is 4.44. The molecule has 0 spiro atoms. The summed E-state index contributed by atoms with van der Waals surface area (Å²) in [5.41, 5.74) is 0. The standard InChI is InChI=1S/C16H29N3O/c1-13(16(20)18-11-8-17-9-12-18)19-10-4-6-14-5-2-3-7-15(14)19/h13-15,17H,2-12H2,1H3/t13?,14-,15-/m1/s1. The molecule has 0 aromatic carbocycles. The minimum absolute atomic E-state index is 0.0824. The van der Waals surface area contributed by atoms with Crippen LogP contribution in [-0.4, -0.2) is 60.5 Å². The molecule has 4 nitrogen and oxygen atoms in total. The van der Waals surface area contributed by atoms with Gasteiger partial charge in [0, 0.05) is 32.2 Å². The predicted molar refractivity (Wildman–Crippen MR) is 80.6 cm³/mol. The molecule has 4 heteroatoms. The van der Waals surface area contributed by atoms with Crippen LogP contribution >= 0.6 is 0 Å². The second-order valence-corrected chi connectivity index (χ2v) is 6.74. The van der Waals surface area contributed by atoms with Crippen LogP contribution < -0.4 is 5.32 Å². The molecule has 1 unspecified atom stereocenters. The van der Waals surface area contributed by atoms with Gasteiger partial charge in [0.2, 0.25) is 5.91 Å². The van der Waals surface area contributed by atoms with Crippen LogP contribution in [0, 0.1) is 5.92 Å². The van der Waals surface area contributed by atoms with Gasteiger partial charge in [-0.1, -0.05) is 12.8 Å². The molecule has 0 aromatic heterocycles. The molecule has 20 heavy (non-hydrogen) atoms. The summed E-state index contributed by atoms with van der Waals surface area (Å²) < 4.78 is 0. The molecule has 3 fully saturated rings. The molecule has 0 radical (unpaired) electrons. The van der Waals surface area contributed by atoms with Gasteiger partial charge in [-0.05, 0) is 45.1 Å². The molecule has 1 N–H and O–H groups in total. The zero-order valence-corrected chi connectivity index (χ0v) is 12.8. The molecule has 1 aliphatic carbocycles. The molecule has 2 heterocycles. The predicted octanol–water partition coefficient (Wildman–Crippen LogP) is 1.46. The fourth-order valence-corrected chi connectivity index (χ4v) is 4.44. The maximum atomic E-state index is 12.7. The first kappa shape index (κ1) is 14.3. The van der Waals surface area contributed by atoms with Crippen LogP contribution in [0.2, 0.25) is 0 Å². The van der Waals surface area contributed by atoms with E-state index in [1.54, 1.807) is 0 Å². The lowest BCUT2D eigenvalue weighted by Crippen LogP contribution is -2.58. The largest absolute Gasteiger partial charge is 0.339 e. The van der Waals surface area contributed by atoms with Crippen molar-refractivity contribution in [2.45, 2.75) is 57.5 Å². The molecule has 3 rings (SSSR count). The van der Waals surface area contributed by atoms with E-state index in [-0.39, 0.29) is 6.04 Å². The summed E-state index contributed by atoms with van der Waals surface area (Å²) >= 11 is 0. The third-order valence-corrected chi connectivity index (χ3v) is 5.57. The molecule has 2 aliphatic heterocycles. The van der Waals surface area contributed by atoms with Gasteiger partial charge in [0.25, 0.3) is 0 Å². The smallest absolute Gasteiger partial charge is 0.239 e. The first-order valence-corrected chi connectivity index (χ1v) is 8.52. The lowest BCUT2D eigenvalue weighted by Gasteiger charge is -2.47. The van der Waals surface area contributed by atoms with Gasteiger partial charge in [-0.25, -0.2) is 0 Å². The van der Waals surface area contributed by atoms with E-state index in [1.165, 1.54) is 38.5 Å². The van der Waals surface area contributed by atoms with Crippen molar-refractivity contribution in [2.24, 2.45) is 5.92 Å². The Kier molecular flexibility index (Phi) is 4.61. The monoisotopic (exact) mass is 279 g/mol. The molecular weight excluding hydrogens is 250 g/mol.